The summed E-state index contributed by atoms with van der Waals surface area (Å²) in [6.07, 6.45) is 6.70. The third kappa shape index (κ3) is 6.06. The molecule has 2 aromatic rings. The number of aliphatic imine (C=N–C) groups is 1. The number of aromatic nitrogens is 1. The number of allylic oxidation sites excluding steroid dienone is 1. The first-order valence-corrected chi connectivity index (χ1v) is 13.0. The third-order valence-electron chi connectivity index (χ3n) is 5.91. The van der Waals surface area contributed by atoms with Crippen molar-refractivity contribution in [3.63, 3.8) is 0 Å². The first-order chi connectivity index (χ1) is 15.9. The van der Waals surface area contributed by atoms with Gasteiger partial charge in [0.15, 0.2) is 5.78 Å². The average Bonchev–Trinajstić information content (AvgIpc) is 3.55. The number of carboxylic acids is 1. The van der Waals surface area contributed by atoms with Crippen molar-refractivity contribution >= 4 is 45.7 Å². The number of aliphatic carboxylic acids is 1. The van der Waals surface area contributed by atoms with E-state index in [4.69, 9.17) is 5.11 Å². The summed E-state index contributed by atoms with van der Waals surface area (Å²) >= 11 is 2.92. The largest absolute Gasteiger partial charge is 0.477 e. The van der Waals surface area contributed by atoms with E-state index < -0.39 is 5.97 Å². The van der Waals surface area contributed by atoms with E-state index in [-0.39, 0.29) is 36.0 Å². The zero-order chi connectivity index (χ0) is 23.4. The molecule has 4 rings (SSSR count). The average molecular weight is 483 g/mol. The summed E-state index contributed by atoms with van der Waals surface area (Å²) in [6, 6.07) is 5.81. The molecule has 1 aromatic carbocycles. The maximum absolute atomic E-state index is 13.0. The molecular formula is C25H26N2O4S2. The van der Waals surface area contributed by atoms with Crippen molar-refractivity contribution < 1.29 is 19.5 Å². The predicted molar refractivity (Wildman–Crippen MR) is 131 cm³/mol. The van der Waals surface area contributed by atoms with Crippen LogP contribution in [0.15, 0.2) is 40.3 Å². The first-order valence-electron chi connectivity index (χ1n) is 11.1. The maximum Gasteiger partial charge on any atom is 0.354 e. The second kappa shape index (κ2) is 10.6. The number of hydrogen-bond acceptors (Lipinski definition) is 7. The Morgan fingerprint density at radius 3 is 2.70 bits per heavy atom. The SMILES string of the molecule is Cc1ccc(CC(=O)Cc2nc(CSC3=NC(C(=O)O)=CC3)cs2)c(C(=O)C2CCCC2)c1. The fourth-order valence-electron chi connectivity index (χ4n) is 4.21. The van der Waals surface area contributed by atoms with Crippen molar-refractivity contribution in [2.75, 3.05) is 0 Å². The number of carbonyl (C=O) groups excluding carboxylic acids is 2. The van der Waals surface area contributed by atoms with E-state index in [1.54, 1.807) is 6.08 Å². The van der Waals surface area contributed by atoms with E-state index in [0.29, 0.717) is 17.7 Å². The number of carbonyl (C=O) groups is 3. The highest BCUT2D eigenvalue weighted by Crippen LogP contribution is 2.30. The molecule has 0 spiro atoms. The Morgan fingerprint density at radius 1 is 1.18 bits per heavy atom. The Morgan fingerprint density at radius 2 is 1.97 bits per heavy atom. The van der Waals surface area contributed by atoms with E-state index in [0.717, 1.165) is 52.6 Å². The van der Waals surface area contributed by atoms with Gasteiger partial charge in [-0.15, -0.1) is 23.1 Å². The fourth-order valence-corrected chi connectivity index (χ4v) is 5.97. The van der Waals surface area contributed by atoms with E-state index in [2.05, 4.69) is 9.98 Å². The predicted octanol–water partition coefficient (Wildman–Crippen LogP) is 5.18. The number of Topliss-reactive ketones (excluding diaryl/α,β-unsaturated/α-hetero) is 2. The molecule has 1 fully saturated rings. The summed E-state index contributed by atoms with van der Waals surface area (Å²) in [5, 5.41) is 12.4. The van der Waals surface area contributed by atoms with Crippen molar-refractivity contribution in [1.82, 2.24) is 4.98 Å². The lowest BCUT2D eigenvalue weighted by atomic mass is 9.90. The van der Waals surface area contributed by atoms with Gasteiger partial charge in [0.1, 0.15) is 16.5 Å². The van der Waals surface area contributed by atoms with Gasteiger partial charge in [0.2, 0.25) is 0 Å². The third-order valence-corrected chi connectivity index (χ3v) is 7.84. The van der Waals surface area contributed by atoms with Crippen LogP contribution in [0, 0.1) is 12.8 Å². The van der Waals surface area contributed by atoms with Gasteiger partial charge >= 0.3 is 5.97 Å². The summed E-state index contributed by atoms with van der Waals surface area (Å²) in [5.74, 6) is -0.110. The molecule has 1 aliphatic heterocycles. The summed E-state index contributed by atoms with van der Waals surface area (Å²) in [4.78, 5) is 45.5. The van der Waals surface area contributed by atoms with Crippen LogP contribution in [0.4, 0.5) is 0 Å². The minimum atomic E-state index is -1.01. The molecule has 0 radical (unpaired) electrons. The number of aryl methyl sites for hydroxylation is 1. The van der Waals surface area contributed by atoms with Crippen LogP contribution >= 0.6 is 23.1 Å². The topological polar surface area (TPSA) is 96.7 Å². The Labute approximate surface area is 201 Å². The summed E-state index contributed by atoms with van der Waals surface area (Å²) in [7, 11) is 0. The van der Waals surface area contributed by atoms with E-state index >= 15 is 0 Å². The highest BCUT2D eigenvalue weighted by molar-refractivity contribution is 8.13. The number of carboxylic acid groups (broad SMARTS) is 1. The highest BCUT2D eigenvalue weighted by Gasteiger charge is 2.26. The lowest BCUT2D eigenvalue weighted by Crippen LogP contribution is -2.16. The van der Waals surface area contributed by atoms with Crippen LogP contribution in [0.3, 0.4) is 0 Å². The molecule has 172 valence electrons. The van der Waals surface area contributed by atoms with E-state index in [1.165, 1.54) is 23.1 Å². The molecule has 1 saturated carbocycles. The number of benzene rings is 1. The quantitative estimate of drug-likeness (QED) is 0.495. The number of thioether (sulfide) groups is 1. The van der Waals surface area contributed by atoms with Crippen LogP contribution in [0.25, 0.3) is 0 Å². The lowest BCUT2D eigenvalue weighted by molar-refractivity contribution is -0.132. The van der Waals surface area contributed by atoms with Gasteiger partial charge in [-0.2, -0.15) is 0 Å². The molecule has 0 unspecified atom stereocenters. The zero-order valence-electron chi connectivity index (χ0n) is 18.5. The number of rotatable bonds is 9. The molecule has 0 amide bonds. The molecule has 1 aliphatic carbocycles. The van der Waals surface area contributed by atoms with Crippen LogP contribution in [-0.2, 0) is 28.2 Å². The normalized spacial score (nSPS) is 16.0. The molecule has 6 nitrogen and oxygen atoms in total. The highest BCUT2D eigenvalue weighted by atomic mass is 32.2. The van der Waals surface area contributed by atoms with Gasteiger partial charge in [-0.25, -0.2) is 14.8 Å². The molecule has 0 saturated heterocycles. The Bertz CT molecular complexity index is 1140. The molecule has 1 aromatic heterocycles. The smallest absolute Gasteiger partial charge is 0.354 e. The molecule has 33 heavy (non-hydrogen) atoms. The summed E-state index contributed by atoms with van der Waals surface area (Å²) < 4.78 is 0. The molecule has 2 aliphatic rings. The number of hydrogen-bond donors (Lipinski definition) is 1. The first kappa shape index (κ1) is 23.6. The minimum absolute atomic E-state index is 0.0448. The van der Waals surface area contributed by atoms with Crippen molar-refractivity contribution in [3.05, 3.63) is 62.7 Å². The van der Waals surface area contributed by atoms with Gasteiger partial charge in [0, 0.05) is 35.5 Å². The second-order valence-electron chi connectivity index (χ2n) is 8.52. The van der Waals surface area contributed by atoms with Gasteiger partial charge < -0.3 is 5.11 Å². The van der Waals surface area contributed by atoms with E-state index in [9.17, 15) is 14.4 Å². The number of thiazole rings is 1. The molecule has 2 heterocycles. The standard InChI is InChI=1S/C25H26N2O4S2/c1-15-6-7-17(20(10-15)24(29)16-4-2-3-5-16)11-19(28)12-23-26-18(14-33-23)13-32-22-9-8-21(27-22)25(30)31/h6-8,10,14,16H,2-5,9,11-13H2,1H3,(H,30,31). The minimum Gasteiger partial charge on any atom is -0.477 e. The van der Waals surface area contributed by atoms with Crippen molar-refractivity contribution in [3.8, 4) is 0 Å². The Hall–Kier alpha value is -2.58. The number of ketones is 2. The van der Waals surface area contributed by atoms with Crippen molar-refractivity contribution in [1.29, 1.82) is 0 Å². The number of nitrogens with zero attached hydrogens (tertiary/aromatic N) is 2. The van der Waals surface area contributed by atoms with Gasteiger partial charge in [-0.05, 0) is 37.5 Å². The molecular weight excluding hydrogens is 456 g/mol. The summed E-state index contributed by atoms with van der Waals surface area (Å²) in [6.45, 7) is 1.97. The monoisotopic (exact) mass is 482 g/mol. The molecule has 8 heteroatoms. The molecule has 1 N–H and O–H groups in total. The van der Waals surface area contributed by atoms with Crippen molar-refractivity contribution in [2.45, 2.75) is 57.6 Å². The Balaban J connectivity index is 1.34. The van der Waals surface area contributed by atoms with Gasteiger partial charge in [0.05, 0.1) is 17.2 Å². The van der Waals surface area contributed by atoms with E-state index in [1.807, 2.05) is 30.5 Å². The van der Waals surface area contributed by atoms with Crippen LogP contribution in [0.2, 0.25) is 0 Å². The van der Waals surface area contributed by atoms with Crippen LogP contribution in [0.1, 0.15) is 64.3 Å². The second-order valence-corrected chi connectivity index (χ2v) is 10.5. The van der Waals surface area contributed by atoms with Crippen LogP contribution in [0.5, 0.6) is 0 Å². The van der Waals surface area contributed by atoms with Crippen LogP contribution in [-0.4, -0.2) is 32.7 Å². The summed E-state index contributed by atoms with van der Waals surface area (Å²) in [5.41, 5.74) is 3.50. The van der Waals surface area contributed by atoms with Crippen LogP contribution < -0.4 is 0 Å². The molecule has 0 atom stereocenters. The zero-order valence-corrected chi connectivity index (χ0v) is 20.1. The fraction of sp³-hybridized carbons (Fsp3) is 0.400. The molecule has 0 bridgehead atoms. The van der Waals surface area contributed by atoms with Gasteiger partial charge in [-0.3, -0.25) is 9.59 Å². The van der Waals surface area contributed by atoms with Crippen molar-refractivity contribution in [2.24, 2.45) is 10.9 Å². The maximum atomic E-state index is 13.0. The van der Waals surface area contributed by atoms with Gasteiger partial charge in [0.25, 0.3) is 0 Å². The van der Waals surface area contributed by atoms with Gasteiger partial charge in [-0.1, -0.05) is 30.5 Å². The Kier molecular flexibility index (Phi) is 7.55. The lowest BCUT2D eigenvalue weighted by Gasteiger charge is -2.13.